The molecule has 8 heavy (non-hydrogen) atoms. The molecular formula is C6H8BrN. The minimum Gasteiger partial charge on any atom is -0.323 e. The molecule has 0 aromatic rings. The van der Waals surface area contributed by atoms with Crippen molar-refractivity contribution in [1.82, 2.24) is 0 Å². The summed E-state index contributed by atoms with van der Waals surface area (Å²) in [5.74, 6) is 0. The Morgan fingerprint density at radius 1 is 1.25 bits per heavy atom. The van der Waals surface area contributed by atoms with Gasteiger partial charge in [0.05, 0.1) is 4.83 Å². The van der Waals surface area contributed by atoms with E-state index >= 15 is 0 Å². The van der Waals surface area contributed by atoms with Gasteiger partial charge in [0.1, 0.15) is 0 Å². The lowest BCUT2D eigenvalue weighted by atomic mass is 10.1. The van der Waals surface area contributed by atoms with E-state index in [1.165, 1.54) is 0 Å². The Kier molecular flexibility index (Phi) is 1.86. The third-order valence-electron chi connectivity index (χ3n) is 1.11. The molecule has 2 heteroatoms. The smallest absolute Gasteiger partial charge is 0.0515 e. The normalized spacial score (nSPS) is 35.8. The molecule has 0 fully saturated rings. The summed E-state index contributed by atoms with van der Waals surface area (Å²) in [4.78, 5) is 0.326. The quantitative estimate of drug-likeness (QED) is 0.548. The highest BCUT2D eigenvalue weighted by molar-refractivity contribution is 9.09. The molecule has 2 N–H and O–H groups in total. The zero-order valence-electron chi connectivity index (χ0n) is 4.42. The summed E-state index contributed by atoms with van der Waals surface area (Å²) in [5, 5.41) is 0. The van der Waals surface area contributed by atoms with Gasteiger partial charge in [-0.1, -0.05) is 40.2 Å². The largest absolute Gasteiger partial charge is 0.323 e. The third kappa shape index (κ3) is 1.20. The molecule has 1 aliphatic rings. The van der Waals surface area contributed by atoms with Crippen molar-refractivity contribution < 1.29 is 0 Å². The van der Waals surface area contributed by atoms with Crippen LogP contribution in [0, 0.1) is 0 Å². The van der Waals surface area contributed by atoms with Gasteiger partial charge in [-0.3, -0.25) is 0 Å². The molecule has 0 saturated carbocycles. The van der Waals surface area contributed by atoms with Crippen LogP contribution in [0.5, 0.6) is 0 Å². The second-order valence-corrected chi connectivity index (χ2v) is 2.85. The number of rotatable bonds is 0. The minimum atomic E-state index is 0.153. The van der Waals surface area contributed by atoms with Crippen molar-refractivity contribution in [2.75, 3.05) is 0 Å². The average molecular weight is 174 g/mol. The van der Waals surface area contributed by atoms with E-state index in [0.29, 0.717) is 4.83 Å². The zero-order chi connectivity index (χ0) is 5.98. The van der Waals surface area contributed by atoms with Crippen LogP contribution in [0.4, 0.5) is 0 Å². The Labute approximate surface area is 57.4 Å². The molecule has 2 unspecified atom stereocenters. The van der Waals surface area contributed by atoms with Gasteiger partial charge in [0.25, 0.3) is 0 Å². The first-order valence-electron chi connectivity index (χ1n) is 2.55. The van der Waals surface area contributed by atoms with Crippen LogP contribution in [0.1, 0.15) is 0 Å². The Hall–Kier alpha value is -0.0800. The van der Waals surface area contributed by atoms with Gasteiger partial charge >= 0.3 is 0 Å². The molecule has 0 bridgehead atoms. The maximum absolute atomic E-state index is 5.59. The average Bonchev–Trinajstić information content (AvgIpc) is 1.77. The number of nitrogens with two attached hydrogens (primary N) is 1. The molecule has 0 radical (unpaired) electrons. The van der Waals surface area contributed by atoms with Gasteiger partial charge in [0.15, 0.2) is 0 Å². The van der Waals surface area contributed by atoms with Gasteiger partial charge in [-0.05, 0) is 0 Å². The van der Waals surface area contributed by atoms with Crippen molar-refractivity contribution >= 4 is 15.9 Å². The van der Waals surface area contributed by atoms with Crippen LogP contribution in [0.3, 0.4) is 0 Å². The van der Waals surface area contributed by atoms with Gasteiger partial charge in [0.2, 0.25) is 0 Å². The molecule has 0 aliphatic heterocycles. The first-order valence-corrected chi connectivity index (χ1v) is 3.47. The fourth-order valence-corrected chi connectivity index (χ4v) is 0.950. The molecule has 1 nitrogen and oxygen atoms in total. The summed E-state index contributed by atoms with van der Waals surface area (Å²) in [6, 6.07) is 0.153. The van der Waals surface area contributed by atoms with Crippen molar-refractivity contribution in [1.29, 1.82) is 0 Å². The van der Waals surface area contributed by atoms with E-state index in [1.807, 2.05) is 24.3 Å². The van der Waals surface area contributed by atoms with E-state index in [0.717, 1.165) is 0 Å². The van der Waals surface area contributed by atoms with Crippen LogP contribution >= 0.6 is 15.9 Å². The lowest BCUT2D eigenvalue weighted by Crippen LogP contribution is -2.27. The summed E-state index contributed by atoms with van der Waals surface area (Å²) in [7, 11) is 0. The van der Waals surface area contributed by atoms with Crippen LogP contribution < -0.4 is 5.73 Å². The van der Waals surface area contributed by atoms with E-state index in [1.54, 1.807) is 0 Å². The second-order valence-electron chi connectivity index (χ2n) is 1.79. The number of hydrogen-bond acceptors (Lipinski definition) is 1. The fraction of sp³-hybridized carbons (Fsp3) is 0.333. The molecule has 0 saturated heterocycles. The predicted octanol–water partition coefficient (Wildman–Crippen LogP) is 1.20. The topological polar surface area (TPSA) is 26.0 Å². The first-order chi connectivity index (χ1) is 3.80. The highest BCUT2D eigenvalue weighted by Gasteiger charge is 2.08. The minimum absolute atomic E-state index is 0.153. The Morgan fingerprint density at radius 3 is 2.25 bits per heavy atom. The SMILES string of the molecule is NC1C=CC=CC1Br. The standard InChI is InChI=1S/C6H8BrN/c7-5-3-1-2-4-6(5)8/h1-6H,8H2. The zero-order valence-corrected chi connectivity index (χ0v) is 6.01. The van der Waals surface area contributed by atoms with Crippen LogP contribution in [-0.2, 0) is 0 Å². The van der Waals surface area contributed by atoms with Crippen LogP contribution in [0.2, 0.25) is 0 Å². The third-order valence-corrected chi connectivity index (χ3v) is 2.02. The molecule has 1 aliphatic carbocycles. The maximum Gasteiger partial charge on any atom is 0.0515 e. The summed E-state index contributed by atoms with van der Waals surface area (Å²) in [5.41, 5.74) is 5.59. The van der Waals surface area contributed by atoms with Crippen molar-refractivity contribution in [3.05, 3.63) is 24.3 Å². The number of alkyl halides is 1. The maximum atomic E-state index is 5.59. The Balaban J connectivity index is 2.59. The monoisotopic (exact) mass is 173 g/mol. The molecule has 0 spiro atoms. The molecule has 44 valence electrons. The molecule has 0 heterocycles. The molecular weight excluding hydrogens is 166 g/mol. The Bertz CT molecular complexity index is 112. The van der Waals surface area contributed by atoms with Crippen molar-refractivity contribution in [3.63, 3.8) is 0 Å². The van der Waals surface area contributed by atoms with Gasteiger partial charge in [0, 0.05) is 6.04 Å². The van der Waals surface area contributed by atoms with Crippen LogP contribution in [-0.4, -0.2) is 10.9 Å². The molecule has 0 aromatic carbocycles. The van der Waals surface area contributed by atoms with Crippen molar-refractivity contribution in [2.24, 2.45) is 5.73 Å². The van der Waals surface area contributed by atoms with E-state index in [9.17, 15) is 0 Å². The number of hydrogen-bond donors (Lipinski definition) is 1. The fourth-order valence-electron chi connectivity index (χ4n) is 0.597. The van der Waals surface area contributed by atoms with Gasteiger partial charge < -0.3 is 5.73 Å². The lowest BCUT2D eigenvalue weighted by molar-refractivity contribution is 0.851. The van der Waals surface area contributed by atoms with E-state index in [-0.39, 0.29) is 6.04 Å². The van der Waals surface area contributed by atoms with Crippen LogP contribution in [0.15, 0.2) is 24.3 Å². The molecule has 0 aromatic heterocycles. The van der Waals surface area contributed by atoms with Crippen molar-refractivity contribution in [2.45, 2.75) is 10.9 Å². The van der Waals surface area contributed by atoms with Gasteiger partial charge in [-0.2, -0.15) is 0 Å². The summed E-state index contributed by atoms with van der Waals surface area (Å²) in [6.45, 7) is 0. The Morgan fingerprint density at radius 2 is 1.88 bits per heavy atom. The highest BCUT2D eigenvalue weighted by Crippen LogP contribution is 2.10. The van der Waals surface area contributed by atoms with E-state index in [4.69, 9.17) is 5.73 Å². The summed E-state index contributed by atoms with van der Waals surface area (Å²) >= 11 is 3.39. The van der Waals surface area contributed by atoms with E-state index in [2.05, 4.69) is 15.9 Å². The summed E-state index contributed by atoms with van der Waals surface area (Å²) < 4.78 is 0. The molecule has 2 atom stereocenters. The number of allylic oxidation sites excluding steroid dienone is 2. The van der Waals surface area contributed by atoms with Gasteiger partial charge in [-0.25, -0.2) is 0 Å². The second kappa shape index (κ2) is 2.46. The molecule has 0 amide bonds. The predicted molar refractivity (Wildman–Crippen MR) is 39.0 cm³/mol. The van der Waals surface area contributed by atoms with E-state index < -0.39 is 0 Å². The van der Waals surface area contributed by atoms with Crippen LogP contribution in [0.25, 0.3) is 0 Å². The highest BCUT2D eigenvalue weighted by atomic mass is 79.9. The first kappa shape index (κ1) is 6.05. The lowest BCUT2D eigenvalue weighted by Gasteiger charge is -2.11. The van der Waals surface area contributed by atoms with Gasteiger partial charge in [-0.15, -0.1) is 0 Å². The number of halogens is 1. The van der Waals surface area contributed by atoms with Crippen molar-refractivity contribution in [3.8, 4) is 0 Å². The molecule has 1 rings (SSSR count). The summed E-state index contributed by atoms with van der Waals surface area (Å²) in [6.07, 6.45) is 7.95.